The Labute approximate surface area is 141 Å². The SMILES string of the molecule is C[C@H]1CCCN(C(=O)c2occc2COc2cccc(C#N)c2)C1. The van der Waals surface area contributed by atoms with Gasteiger partial charge in [0.15, 0.2) is 5.76 Å². The van der Waals surface area contributed by atoms with Gasteiger partial charge in [-0.3, -0.25) is 4.79 Å². The minimum atomic E-state index is -0.0732. The number of benzene rings is 1. The number of ether oxygens (including phenoxy) is 1. The molecule has 1 fully saturated rings. The highest BCUT2D eigenvalue weighted by molar-refractivity contribution is 5.93. The average Bonchev–Trinajstić information content (AvgIpc) is 3.08. The first-order chi connectivity index (χ1) is 11.7. The Kier molecular flexibility index (Phi) is 4.85. The summed E-state index contributed by atoms with van der Waals surface area (Å²) in [4.78, 5) is 14.5. The first-order valence-corrected chi connectivity index (χ1v) is 8.16. The van der Waals surface area contributed by atoms with Gasteiger partial charge in [-0.1, -0.05) is 13.0 Å². The Morgan fingerprint density at radius 1 is 1.46 bits per heavy atom. The second-order valence-corrected chi connectivity index (χ2v) is 6.20. The van der Waals surface area contributed by atoms with Crippen LogP contribution in [0.25, 0.3) is 0 Å². The molecule has 0 aliphatic carbocycles. The molecule has 0 radical (unpaired) electrons. The standard InChI is InChI=1S/C19H20N2O3/c1-14-4-3-8-21(12-14)19(22)18-16(7-9-23-18)13-24-17-6-2-5-15(10-17)11-20/h2,5-7,9-10,14H,3-4,8,12-13H2,1H3/t14-/m0/s1. The van der Waals surface area contributed by atoms with E-state index in [-0.39, 0.29) is 12.5 Å². The second kappa shape index (κ2) is 7.22. The Balaban J connectivity index is 1.68. The fourth-order valence-corrected chi connectivity index (χ4v) is 2.97. The summed E-state index contributed by atoms with van der Waals surface area (Å²) in [5.74, 6) is 1.39. The van der Waals surface area contributed by atoms with E-state index in [2.05, 4.69) is 13.0 Å². The van der Waals surface area contributed by atoms with Gasteiger partial charge in [0.2, 0.25) is 0 Å². The molecule has 0 spiro atoms. The third kappa shape index (κ3) is 3.60. The summed E-state index contributed by atoms with van der Waals surface area (Å²) in [5.41, 5.74) is 1.26. The van der Waals surface area contributed by atoms with Crippen molar-refractivity contribution in [3.63, 3.8) is 0 Å². The van der Waals surface area contributed by atoms with Crippen LogP contribution < -0.4 is 4.74 Å². The lowest BCUT2D eigenvalue weighted by Crippen LogP contribution is -2.39. The number of likely N-dealkylation sites (tertiary alicyclic amines) is 1. The minimum Gasteiger partial charge on any atom is -0.489 e. The van der Waals surface area contributed by atoms with Crippen molar-refractivity contribution in [3.8, 4) is 11.8 Å². The van der Waals surface area contributed by atoms with Crippen LogP contribution in [0.4, 0.5) is 0 Å². The number of amides is 1. The zero-order valence-electron chi connectivity index (χ0n) is 13.7. The van der Waals surface area contributed by atoms with Crippen LogP contribution in [0.1, 0.15) is 41.4 Å². The fourth-order valence-electron chi connectivity index (χ4n) is 2.97. The average molecular weight is 324 g/mol. The summed E-state index contributed by atoms with van der Waals surface area (Å²) >= 11 is 0. The number of hydrogen-bond acceptors (Lipinski definition) is 4. The molecule has 2 aromatic rings. The highest BCUT2D eigenvalue weighted by Gasteiger charge is 2.26. The monoisotopic (exact) mass is 324 g/mol. The number of carbonyl (C=O) groups excluding carboxylic acids is 1. The van der Waals surface area contributed by atoms with Gasteiger partial charge in [0.1, 0.15) is 12.4 Å². The molecule has 5 nitrogen and oxygen atoms in total. The molecular formula is C19H20N2O3. The number of hydrogen-bond donors (Lipinski definition) is 0. The molecule has 0 N–H and O–H groups in total. The van der Waals surface area contributed by atoms with Gasteiger partial charge >= 0.3 is 0 Å². The molecule has 0 bridgehead atoms. The van der Waals surface area contributed by atoms with Crippen molar-refractivity contribution in [2.24, 2.45) is 5.92 Å². The Morgan fingerprint density at radius 3 is 3.12 bits per heavy atom. The largest absolute Gasteiger partial charge is 0.489 e. The van der Waals surface area contributed by atoms with Crippen LogP contribution in [0.5, 0.6) is 5.75 Å². The van der Waals surface area contributed by atoms with Gasteiger partial charge in [0.25, 0.3) is 5.91 Å². The van der Waals surface area contributed by atoms with Crippen molar-refractivity contribution >= 4 is 5.91 Å². The number of piperidine rings is 1. The van der Waals surface area contributed by atoms with Crippen molar-refractivity contribution in [1.82, 2.24) is 4.90 Å². The molecule has 1 aromatic heterocycles. The van der Waals surface area contributed by atoms with Gasteiger partial charge in [-0.2, -0.15) is 5.26 Å². The van der Waals surface area contributed by atoms with Crippen molar-refractivity contribution in [2.45, 2.75) is 26.4 Å². The highest BCUT2D eigenvalue weighted by Crippen LogP contribution is 2.22. The van der Waals surface area contributed by atoms with Crippen molar-refractivity contribution in [2.75, 3.05) is 13.1 Å². The van der Waals surface area contributed by atoms with Crippen LogP contribution in [0.3, 0.4) is 0 Å². The number of carbonyl (C=O) groups is 1. The fraction of sp³-hybridized carbons (Fsp3) is 0.368. The third-order valence-corrected chi connectivity index (χ3v) is 4.24. The van der Waals surface area contributed by atoms with Crippen LogP contribution in [-0.4, -0.2) is 23.9 Å². The first kappa shape index (κ1) is 16.1. The Hall–Kier alpha value is -2.74. The summed E-state index contributed by atoms with van der Waals surface area (Å²) in [7, 11) is 0. The lowest BCUT2D eigenvalue weighted by atomic mass is 10.00. The molecule has 0 unspecified atom stereocenters. The van der Waals surface area contributed by atoms with Gasteiger partial charge in [0.05, 0.1) is 17.9 Å². The van der Waals surface area contributed by atoms with Crippen LogP contribution in [0, 0.1) is 17.2 Å². The summed E-state index contributed by atoms with van der Waals surface area (Å²) in [6.07, 6.45) is 3.71. The lowest BCUT2D eigenvalue weighted by Gasteiger charge is -2.30. The topological polar surface area (TPSA) is 66.5 Å². The minimum absolute atomic E-state index is 0.0732. The quantitative estimate of drug-likeness (QED) is 0.862. The summed E-state index contributed by atoms with van der Waals surface area (Å²) < 4.78 is 11.1. The first-order valence-electron chi connectivity index (χ1n) is 8.16. The number of furan rings is 1. The van der Waals surface area contributed by atoms with E-state index in [0.29, 0.717) is 23.0 Å². The predicted octanol–water partition coefficient (Wildman–Crippen LogP) is 3.60. The van der Waals surface area contributed by atoms with Crippen LogP contribution in [0.2, 0.25) is 0 Å². The molecule has 1 aliphatic heterocycles. The molecule has 1 aromatic carbocycles. The number of rotatable bonds is 4. The highest BCUT2D eigenvalue weighted by atomic mass is 16.5. The van der Waals surface area contributed by atoms with Crippen LogP contribution >= 0.6 is 0 Å². The molecule has 24 heavy (non-hydrogen) atoms. The van der Waals surface area contributed by atoms with Gasteiger partial charge in [-0.15, -0.1) is 0 Å². The molecule has 5 heteroatoms. The second-order valence-electron chi connectivity index (χ2n) is 6.20. The molecule has 0 saturated carbocycles. The molecular weight excluding hydrogens is 304 g/mol. The molecule has 1 amide bonds. The maximum atomic E-state index is 12.7. The van der Waals surface area contributed by atoms with Gasteiger partial charge in [0, 0.05) is 18.7 Å². The zero-order valence-corrected chi connectivity index (χ0v) is 13.7. The van der Waals surface area contributed by atoms with E-state index in [1.807, 2.05) is 4.90 Å². The Bertz CT molecular complexity index is 760. The van der Waals surface area contributed by atoms with Gasteiger partial charge in [-0.05, 0) is 43.0 Å². The van der Waals surface area contributed by atoms with Crippen LogP contribution in [-0.2, 0) is 6.61 Å². The molecule has 3 rings (SSSR count). The van der Waals surface area contributed by atoms with Crippen molar-refractivity contribution in [3.05, 3.63) is 53.5 Å². The van der Waals surface area contributed by atoms with E-state index < -0.39 is 0 Å². The molecule has 124 valence electrons. The third-order valence-electron chi connectivity index (χ3n) is 4.24. The molecule has 1 saturated heterocycles. The zero-order chi connectivity index (χ0) is 16.9. The Morgan fingerprint density at radius 2 is 2.33 bits per heavy atom. The van der Waals surface area contributed by atoms with E-state index >= 15 is 0 Å². The maximum Gasteiger partial charge on any atom is 0.289 e. The summed E-state index contributed by atoms with van der Waals surface area (Å²) in [6.45, 7) is 3.93. The lowest BCUT2D eigenvalue weighted by molar-refractivity contribution is 0.0647. The normalized spacial score (nSPS) is 17.3. The predicted molar refractivity (Wildman–Crippen MR) is 88.5 cm³/mol. The van der Waals surface area contributed by atoms with E-state index in [1.54, 1.807) is 30.3 Å². The van der Waals surface area contributed by atoms with E-state index in [9.17, 15) is 4.79 Å². The smallest absolute Gasteiger partial charge is 0.289 e. The van der Waals surface area contributed by atoms with E-state index in [0.717, 1.165) is 31.5 Å². The molecule has 1 aliphatic rings. The molecule has 1 atom stereocenters. The van der Waals surface area contributed by atoms with E-state index in [1.165, 1.54) is 6.26 Å². The maximum absolute atomic E-state index is 12.7. The van der Waals surface area contributed by atoms with Crippen LogP contribution in [0.15, 0.2) is 41.0 Å². The van der Waals surface area contributed by atoms with Crippen molar-refractivity contribution in [1.29, 1.82) is 5.26 Å². The summed E-state index contributed by atoms with van der Waals surface area (Å²) in [5, 5.41) is 8.93. The molecule has 2 heterocycles. The van der Waals surface area contributed by atoms with Gasteiger partial charge in [-0.25, -0.2) is 0 Å². The summed E-state index contributed by atoms with van der Waals surface area (Å²) in [6, 6.07) is 10.8. The van der Waals surface area contributed by atoms with E-state index in [4.69, 9.17) is 14.4 Å². The number of nitriles is 1. The van der Waals surface area contributed by atoms with Crippen molar-refractivity contribution < 1.29 is 13.9 Å². The number of nitrogens with zero attached hydrogens (tertiary/aromatic N) is 2. The van der Waals surface area contributed by atoms with Gasteiger partial charge < -0.3 is 14.1 Å².